The molecular weight excluding hydrogens is 558 g/mol. The number of halogens is 2. The van der Waals surface area contributed by atoms with E-state index in [1.165, 1.54) is 6.33 Å². The fourth-order valence-electron chi connectivity index (χ4n) is 4.25. The summed E-state index contributed by atoms with van der Waals surface area (Å²) in [5.41, 5.74) is 3.26. The number of carbonyl (C=O) groups excluding carboxylic acids is 1. The number of rotatable bonds is 7. The minimum absolute atomic E-state index is 0.259. The molecule has 1 atom stereocenters. The van der Waals surface area contributed by atoms with Gasteiger partial charge in [-0.15, -0.1) is 0 Å². The number of methoxy groups -OCH3 is 1. The topological polar surface area (TPSA) is 90.3 Å². The van der Waals surface area contributed by atoms with E-state index in [2.05, 4.69) is 36.6 Å². The summed E-state index contributed by atoms with van der Waals surface area (Å²) in [6, 6.07) is 19.8. The quantitative estimate of drug-likeness (QED) is 0.270. The van der Waals surface area contributed by atoms with Gasteiger partial charge in [-0.25, -0.2) is 4.68 Å². The highest BCUT2D eigenvalue weighted by Gasteiger charge is 2.35. The molecule has 1 aliphatic heterocycles. The number of nitrogens with zero attached hydrogens (tertiary/aromatic N) is 3. The predicted molar refractivity (Wildman–Crippen MR) is 146 cm³/mol. The van der Waals surface area contributed by atoms with Gasteiger partial charge in [0.2, 0.25) is 5.95 Å². The van der Waals surface area contributed by atoms with Crippen molar-refractivity contribution in [1.29, 1.82) is 0 Å². The molecule has 0 saturated heterocycles. The van der Waals surface area contributed by atoms with E-state index >= 15 is 0 Å². The SMILES string of the molecule is COc1ccccc1NC(=O)C1=C(C)Nc2ncnn2C1c1cc(Br)ccc1OCc1ccccc1Cl. The Labute approximate surface area is 227 Å². The Morgan fingerprint density at radius 3 is 2.73 bits per heavy atom. The molecule has 0 spiro atoms. The Hall–Kier alpha value is -3.82. The van der Waals surface area contributed by atoms with E-state index in [4.69, 9.17) is 21.1 Å². The van der Waals surface area contributed by atoms with Gasteiger partial charge in [0.1, 0.15) is 30.5 Å². The van der Waals surface area contributed by atoms with Crippen LogP contribution in [-0.2, 0) is 11.4 Å². The van der Waals surface area contributed by atoms with Crippen molar-refractivity contribution in [2.75, 3.05) is 17.7 Å². The highest BCUT2D eigenvalue weighted by molar-refractivity contribution is 9.10. The fraction of sp³-hybridized carbons (Fsp3) is 0.148. The Bertz CT molecular complexity index is 1500. The van der Waals surface area contributed by atoms with Gasteiger partial charge in [-0.2, -0.15) is 10.1 Å². The van der Waals surface area contributed by atoms with E-state index in [1.54, 1.807) is 23.9 Å². The van der Waals surface area contributed by atoms with Gasteiger partial charge in [-0.1, -0.05) is 57.9 Å². The van der Waals surface area contributed by atoms with Gasteiger partial charge in [0.15, 0.2) is 0 Å². The Morgan fingerprint density at radius 1 is 1.14 bits per heavy atom. The van der Waals surface area contributed by atoms with E-state index in [9.17, 15) is 4.79 Å². The molecule has 2 heterocycles. The Kier molecular flexibility index (Phi) is 7.16. The molecule has 188 valence electrons. The second-order valence-electron chi connectivity index (χ2n) is 8.31. The van der Waals surface area contributed by atoms with Crippen LogP contribution in [0, 0.1) is 0 Å². The van der Waals surface area contributed by atoms with Gasteiger partial charge in [-0.05, 0) is 43.3 Å². The summed E-state index contributed by atoms with van der Waals surface area (Å²) in [5.74, 6) is 1.36. The molecule has 0 fully saturated rings. The number of fused-ring (bicyclic) bond motifs is 1. The first-order chi connectivity index (χ1) is 18.0. The summed E-state index contributed by atoms with van der Waals surface area (Å²) >= 11 is 9.93. The summed E-state index contributed by atoms with van der Waals surface area (Å²) in [6.45, 7) is 2.10. The van der Waals surface area contributed by atoms with Crippen LogP contribution in [0.5, 0.6) is 11.5 Å². The first-order valence-corrected chi connectivity index (χ1v) is 12.6. The number of hydrogen-bond acceptors (Lipinski definition) is 6. The molecule has 0 radical (unpaired) electrons. The maximum atomic E-state index is 13.8. The normalized spacial score (nSPS) is 14.5. The molecule has 8 nitrogen and oxygen atoms in total. The van der Waals surface area contributed by atoms with E-state index in [1.807, 2.05) is 61.5 Å². The number of aromatic nitrogens is 3. The minimum Gasteiger partial charge on any atom is -0.495 e. The van der Waals surface area contributed by atoms with Crippen molar-refractivity contribution in [2.45, 2.75) is 19.6 Å². The van der Waals surface area contributed by atoms with Crippen LogP contribution in [0.1, 0.15) is 24.1 Å². The molecule has 0 aliphatic carbocycles. The molecule has 4 aromatic rings. The van der Waals surface area contributed by atoms with Gasteiger partial charge in [0.05, 0.1) is 18.4 Å². The molecule has 1 aliphatic rings. The lowest BCUT2D eigenvalue weighted by molar-refractivity contribution is -0.113. The minimum atomic E-state index is -0.618. The first kappa shape index (κ1) is 24.9. The van der Waals surface area contributed by atoms with Crippen LogP contribution >= 0.6 is 27.5 Å². The van der Waals surface area contributed by atoms with E-state index in [0.717, 1.165) is 15.6 Å². The summed E-state index contributed by atoms with van der Waals surface area (Å²) in [4.78, 5) is 18.1. The first-order valence-electron chi connectivity index (χ1n) is 11.4. The maximum absolute atomic E-state index is 13.8. The van der Waals surface area contributed by atoms with Crippen LogP contribution < -0.4 is 20.1 Å². The standard InChI is InChI=1S/C27H23BrClN5O3/c1-16-24(26(35)33-21-9-5-6-10-23(21)36-2)25(34-27(32-16)30-15-31-34)19-13-18(28)11-12-22(19)37-14-17-7-3-4-8-20(17)29/h3-13,15,25H,14H2,1-2H3,(H,33,35)(H,30,31,32). The highest BCUT2D eigenvalue weighted by atomic mass is 79.9. The van der Waals surface area contributed by atoms with Crippen molar-refractivity contribution in [1.82, 2.24) is 14.8 Å². The van der Waals surface area contributed by atoms with Crippen LogP contribution in [0.25, 0.3) is 0 Å². The number of nitrogens with one attached hydrogen (secondary N) is 2. The van der Waals surface area contributed by atoms with E-state index in [-0.39, 0.29) is 12.5 Å². The second-order valence-corrected chi connectivity index (χ2v) is 9.63. The van der Waals surface area contributed by atoms with Crippen LogP contribution in [0.4, 0.5) is 11.6 Å². The molecule has 3 aromatic carbocycles. The molecule has 2 N–H and O–H groups in total. The molecule has 37 heavy (non-hydrogen) atoms. The Balaban J connectivity index is 1.56. The van der Waals surface area contributed by atoms with E-state index in [0.29, 0.717) is 39.4 Å². The maximum Gasteiger partial charge on any atom is 0.255 e. The largest absolute Gasteiger partial charge is 0.495 e. The van der Waals surface area contributed by atoms with Gasteiger partial charge in [-0.3, -0.25) is 4.79 Å². The number of ether oxygens (including phenoxy) is 2. The van der Waals surface area contributed by atoms with E-state index < -0.39 is 6.04 Å². The van der Waals surface area contributed by atoms with Crippen LogP contribution in [0.15, 0.2) is 88.8 Å². The van der Waals surface area contributed by atoms with Gasteiger partial charge < -0.3 is 20.1 Å². The summed E-state index contributed by atoms with van der Waals surface area (Å²) in [5, 5.41) is 11.2. The van der Waals surface area contributed by atoms with Gasteiger partial charge in [0.25, 0.3) is 5.91 Å². The second kappa shape index (κ2) is 10.7. The lowest BCUT2D eigenvalue weighted by Gasteiger charge is -2.30. The van der Waals surface area contributed by atoms with Crippen LogP contribution in [-0.4, -0.2) is 27.8 Å². The van der Waals surface area contributed by atoms with Crippen LogP contribution in [0.2, 0.25) is 5.02 Å². The summed E-state index contributed by atoms with van der Waals surface area (Å²) < 4.78 is 14.2. The van der Waals surface area contributed by atoms with Crippen molar-refractivity contribution in [3.63, 3.8) is 0 Å². The highest BCUT2D eigenvalue weighted by Crippen LogP contribution is 2.41. The molecule has 1 aromatic heterocycles. The Morgan fingerprint density at radius 2 is 1.92 bits per heavy atom. The number of benzene rings is 3. The lowest BCUT2D eigenvalue weighted by atomic mass is 9.94. The zero-order valence-electron chi connectivity index (χ0n) is 20.0. The number of carbonyl (C=O) groups is 1. The number of para-hydroxylation sites is 2. The average Bonchev–Trinajstić information content (AvgIpc) is 3.36. The lowest BCUT2D eigenvalue weighted by Crippen LogP contribution is -2.32. The smallest absolute Gasteiger partial charge is 0.255 e. The molecule has 10 heteroatoms. The average molecular weight is 581 g/mol. The van der Waals surface area contributed by atoms with Gasteiger partial charge >= 0.3 is 0 Å². The van der Waals surface area contributed by atoms with Crippen LogP contribution in [0.3, 0.4) is 0 Å². The van der Waals surface area contributed by atoms with Crippen molar-refractivity contribution in [3.8, 4) is 11.5 Å². The molecule has 1 amide bonds. The summed E-state index contributed by atoms with van der Waals surface area (Å²) in [7, 11) is 1.56. The van der Waals surface area contributed by atoms with Crippen molar-refractivity contribution in [3.05, 3.63) is 105 Å². The molecule has 0 bridgehead atoms. The zero-order chi connectivity index (χ0) is 25.9. The van der Waals surface area contributed by atoms with Crippen molar-refractivity contribution in [2.24, 2.45) is 0 Å². The third-order valence-electron chi connectivity index (χ3n) is 6.00. The zero-order valence-corrected chi connectivity index (χ0v) is 22.4. The molecular formula is C27H23BrClN5O3. The van der Waals surface area contributed by atoms with Gasteiger partial charge in [0, 0.05) is 26.3 Å². The third kappa shape index (κ3) is 5.05. The monoisotopic (exact) mass is 579 g/mol. The summed E-state index contributed by atoms with van der Waals surface area (Å²) in [6.07, 6.45) is 1.45. The molecule has 5 rings (SSSR count). The number of anilines is 2. The van der Waals surface area contributed by atoms with Crippen molar-refractivity contribution >= 4 is 45.1 Å². The number of amides is 1. The predicted octanol–water partition coefficient (Wildman–Crippen LogP) is 6.21. The third-order valence-corrected chi connectivity index (χ3v) is 6.86. The molecule has 0 saturated carbocycles. The fourth-order valence-corrected chi connectivity index (χ4v) is 4.81. The molecule has 1 unspecified atom stereocenters. The van der Waals surface area contributed by atoms with Crippen molar-refractivity contribution < 1.29 is 14.3 Å². The number of hydrogen-bond donors (Lipinski definition) is 2. The number of allylic oxidation sites excluding steroid dienone is 1.